The molecule has 0 atom stereocenters. The zero-order valence-corrected chi connectivity index (χ0v) is 10.3. The quantitative estimate of drug-likeness (QED) is 0.614. The molecule has 0 aliphatic heterocycles. The van der Waals surface area contributed by atoms with E-state index in [1.807, 2.05) is 0 Å². The molecule has 0 aromatic carbocycles. The molecule has 0 saturated carbocycles. The zero-order valence-electron chi connectivity index (χ0n) is 9.50. The van der Waals surface area contributed by atoms with Gasteiger partial charge >= 0.3 is 0 Å². The number of rotatable bonds is 6. The monoisotopic (exact) mass is 240 g/mol. The molecule has 0 aliphatic carbocycles. The van der Waals surface area contributed by atoms with Crippen LogP contribution in [-0.2, 0) is 0 Å². The van der Waals surface area contributed by atoms with Gasteiger partial charge in [0.1, 0.15) is 10.8 Å². The maximum atomic E-state index is 11.6. The van der Waals surface area contributed by atoms with Crippen molar-refractivity contribution >= 4 is 17.5 Å². The Balaban J connectivity index is 2.30. The van der Waals surface area contributed by atoms with Crippen molar-refractivity contribution in [1.82, 2.24) is 10.3 Å². The Hall–Kier alpha value is -1.09. The standard InChI is InChI=1S/C12H17ClN2O/c1-2-3-4-5-9-14-12(16)10-7-6-8-11(13)15-10/h6-8H,2-5,9H2,1H3,(H,14,16). The molecule has 1 aromatic rings. The molecule has 16 heavy (non-hydrogen) atoms. The number of nitrogens with zero attached hydrogens (tertiary/aromatic N) is 1. The summed E-state index contributed by atoms with van der Waals surface area (Å²) in [6.45, 7) is 2.86. The van der Waals surface area contributed by atoms with Gasteiger partial charge in [0.15, 0.2) is 0 Å². The van der Waals surface area contributed by atoms with Crippen molar-refractivity contribution in [2.75, 3.05) is 6.54 Å². The lowest BCUT2D eigenvalue weighted by Crippen LogP contribution is -2.25. The second-order valence-electron chi connectivity index (χ2n) is 3.66. The van der Waals surface area contributed by atoms with Gasteiger partial charge in [-0.3, -0.25) is 4.79 Å². The highest BCUT2D eigenvalue weighted by Gasteiger charge is 2.05. The second-order valence-corrected chi connectivity index (χ2v) is 4.05. The molecule has 1 heterocycles. The molecule has 1 N–H and O–H groups in total. The highest BCUT2D eigenvalue weighted by Crippen LogP contribution is 2.05. The first-order chi connectivity index (χ1) is 7.74. The van der Waals surface area contributed by atoms with Crippen molar-refractivity contribution in [1.29, 1.82) is 0 Å². The van der Waals surface area contributed by atoms with E-state index < -0.39 is 0 Å². The Morgan fingerprint density at radius 3 is 2.88 bits per heavy atom. The first-order valence-corrected chi connectivity index (χ1v) is 6.02. The normalized spacial score (nSPS) is 10.1. The zero-order chi connectivity index (χ0) is 11.8. The van der Waals surface area contributed by atoms with Gasteiger partial charge in [0.05, 0.1) is 0 Å². The highest BCUT2D eigenvalue weighted by molar-refractivity contribution is 6.29. The van der Waals surface area contributed by atoms with Crippen LogP contribution >= 0.6 is 11.6 Å². The third-order valence-corrected chi connectivity index (χ3v) is 2.47. The predicted octanol–water partition coefficient (Wildman–Crippen LogP) is 3.05. The average molecular weight is 241 g/mol. The fourth-order valence-electron chi connectivity index (χ4n) is 1.38. The summed E-state index contributed by atoms with van der Waals surface area (Å²) in [5.41, 5.74) is 0.378. The Bertz CT molecular complexity index is 342. The number of unbranched alkanes of at least 4 members (excludes halogenated alkanes) is 3. The van der Waals surface area contributed by atoms with Crippen molar-refractivity contribution in [2.45, 2.75) is 32.6 Å². The summed E-state index contributed by atoms with van der Waals surface area (Å²) in [6.07, 6.45) is 4.58. The molecule has 1 aromatic heterocycles. The molecule has 0 fully saturated rings. The number of carbonyl (C=O) groups excluding carboxylic acids is 1. The van der Waals surface area contributed by atoms with Crippen molar-refractivity contribution in [2.24, 2.45) is 0 Å². The molecule has 0 bridgehead atoms. The van der Waals surface area contributed by atoms with Crippen molar-refractivity contribution in [3.05, 3.63) is 29.0 Å². The summed E-state index contributed by atoms with van der Waals surface area (Å²) in [4.78, 5) is 15.5. The van der Waals surface area contributed by atoms with Gasteiger partial charge in [-0.15, -0.1) is 0 Å². The topological polar surface area (TPSA) is 42.0 Å². The smallest absolute Gasteiger partial charge is 0.269 e. The number of amides is 1. The molecule has 0 radical (unpaired) electrons. The fraction of sp³-hybridized carbons (Fsp3) is 0.500. The van der Waals surface area contributed by atoms with Crippen LogP contribution in [0.5, 0.6) is 0 Å². The third kappa shape index (κ3) is 4.62. The van der Waals surface area contributed by atoms with E-state index >= 15 is 0 Å². The number of nitrogens with one attached hydrogen (secondary N) is 1. The lowest BCUT2D eigenvalue weighted by Gasteiger charge is -2.04. The van der Waals surface area contributed by atoms with E-state index in [1.165, 1.54) is 12.8 Å². The van der Waals surface area contributed by atoms with E-state index in [0.717, 1.165) is 12.8 Å². The van der Waals surface area contributed by atoms with Crippen LogP contribution in [0.25, 0.3) is 0 Å². The van der Waals surface area contributed by atoms with Crippen LogP contribution in [0.15, 0.2) is 18.2 Å². The minimum absolute atomic E-state index is 0.154. The predicted molar refractivity (Wildman–Crippen MR) is 65.7 cm³/mol. The van der Waals surface area contributed by atoms with Crippen LogP contribution in [-0.4, -0.2) is 17.4 Å². The lowest BCUT2D eigenvalue weighted by molar-refractivity contribution is 0.0948. The SMILES string of the molecule is CCCCCCNC(=O)c1cccc(Cl)n1. The average Bonchev–Trinajstić information content (AvgIpc) is 2.28. The van der Waals surface area contributed by atoms with Crippen molar-refractivity contribution < 1.29 is 4.79 Å². The minimum atomic E-state index is -0.154. The van der Waals surface area contributed by atoms with E-state index in [9.17, 15) is 4.79 Å². The molecule has 4 heteroatoms. The lowest BCUT2D eigenvalue weighted by atomic mass is 10.2. The largest absolute Gasteiger partial charge is 0.351 e. The Morgan fingerprint density at radius 1 is 1.38 bits per heavy atom. The summed E-state index contributed by atoms with van der Waals surface area (Å²) in [6, 6.07) is 5.04. The van der Waals surface area contributed by atoms with Gasteiger partial charge in [-0.25, -0.2) is 4.98 Å². The summed E-state index contributed by atoms with van der Waals surface area (Å²) >= 11 is 5.70. The number of aromatic nitrogens is 1. The van der Waals surface area contributed by atoms with Crippen LogP contribution in [0.4, 0.5) is 0 Å². The number of pyridine rings is 1. The highest BCUT2D eigenvalue weighted by atomic mass is 35.5. The van der Waals surface area contributed by atoms with Gasteiger partial charge in [-0.1, -0.05) is 43.9 Å². The fourth-order valence-corrected chi connectivity index (χ4v) is 1.54. The van der Waals surface area contributed by atoms with E-state index in [0.29, 0.717) is 17.4 Å². The van der Waals surface area contributed by atoms with Gasteiger partial charge in [0.2, 0.25) is 0 Å². The molecule has 1 rings (SSSR count). The first-order valence-electron chi connectivity index (χ1n) is 5.64. The Labute approximate surface area is 101 Å². The van der Waals surface area contributed by atoms with Crippen molar-refractivity contribution in [3.8, 4) is 0 Å². The summed E-state index contributed by atoms with van der Waals surface area (Å²) < 4.78 is 0. The summed E-state index contributed by atoms with van der Waals surface area (Å²) in [5.74, 6) is -0.154. The molecule has 88 valence electrons. The summed E-state index contributed by atoms with van der Waals surface area (Å²) in [7, 11) is 0. The first kappa shape index (κ1) is 13.0. The maximum absolute atomic E-state index is 11.6. The van der Waals surface area contributed by atoms with Crippen molar-refractivity contribution in [3.63, 3.8) is 0 Å². The molecular formula is C12H17ClN2O. The van der Waals surface area contributed by atoms with Gasteiger partial charge in [0.25, 0.3) is 5.91 Å². The number of hydrogen-bond acceptors (Lipinski definition) is 2. The van der Waals surface area contributed by atoms with Gasteiger partial charge in [0, 0.05) is 6.54 Å². The van der Waals surface area contributed by atoms with E-state index in [1.54, 1.807) is 18.2 Å². The maximum Gasteiger partial charge on any atom is 0.269 e. The minimum Gasteiger partial charge on any atom is -0.351 e. The molecule has 0 unspecified atom stereocenters. The van der Waals surface area contributed by atoms with Gasteiger partial charge in [-0.2, -0.15) is 0 Å². The van der Waals surface area contributed by atoms with Gasteiger partial charge in [-0.05, 0) is 18.6 Å². The number of halogens is 1. The van der Waals surface area contributed by atoms with Crippen LogP contribution < -0.4 is 5.32 Å². The van der Waals surface area contributed by atoms with E-state index in [4.69, 9.17) is 11.6 Å². The second kappa shape index (κ2) is 7.23. The molecule has 0 aliphatic rings. The summed E-state index contributed by atoms with van der Waals surface area (Å²) in [5, 5.41) is 3.17. The third-order valence-electron chi connectivity index (χ3n) is 2.26. The molecular weight excluding hydrogens is 224 g/mol. The Kier molecular flexibility index (Phi) is 5.86. The van der Waals surface area contributed by atoms with E-state index in [2.05, 4.69) is 17.2 Å². The molecule has 0 spiro atoms. The van der Waals surface area contributed by atoms with Crippen LogP contribution in [0.2, 0.25) is 5.15 Å². The number of carbonyl (C=O) groups is 1. The molecule has 0 saturated heterocycles. The van der Waals surface area contributed by atoms with Crippen LogP contribution in [0.1, 0.15) is 43.1 Å². The Morgan fingerprint density at radius 2 is 2.19 bits per heavy atom. The van der Waals surface area contributed by atoms with Crippen LogP contribution in [0.3, 0.4) is 0 Å². The van der Waals surface area contributed by atoms with E-state index in [-0.39, 0.29) is 5.91 Å². The van der Waals surface area contributed by atoms with Crippen LogP contribution in [0, 0.1) is 0 Å². The van der Waals surface area contributed by atoms with Gasteiger partial charge < -0.3 is 5.32 Å². The molecule has 1 amide bonds. The molecule has 3 nitrogen and oxygen atoms in total. The number of hydrogen-bond donors (Lipinski definition) is 1.